The second kappa shape index (κ2) is 8.03. The van der Waals surface area contributed by atoms with Gasteiger partial charge < -0.3 is 10.1 Å². The number of para-hydroxylation sites is 1. The highest BCUT2D eigenvalue weighted by molar-refractivity contribution is 7.18. The third kappa shape index (κ3) is 4.15. The molecular formula is C19H20ClN3O2S. The summed E-state index contributed by atoms with van der Waals surface area (Å²) in [6.07, 6.45) is 0. The van der Waals surface area contributed by atoms with Crippen molar-refractivity contribution >= 4 is 44.7 Å². The molecule has 0 spiro atoms. The molecule has 5 nitrogen and oxygen atoms in total. The van der Waals surface area contributed by atoms with Gasteiger partial charge in [0.25, 0.3) is 0 Å². The first kappa shape index (κ1) is 18.6. The molecule has 3 aromatic rings. The number of carbonyl (C=O) groups excluding carboxylic acids is 1. The minimum atomic E-state index is -0.110. The summed E-state index contributed by atoms with van der Waals surface area (Å²) in [6, 6.07) is 13.3. The van der Waals surface area contributed by atoms with E-state index < -0.39 is 0 Å². The number of nitrogens with zero attached hydrogens (tertiary/aromatic N) is 2. The molecule has 2 aromatic carbocycles. The zero-order valence-electron chi connectivity index (χ0n) is 14.8. The predicted molar refractivity (Wildman–Crippen MR) is 107 cm³/mol. The summed E-state index contributed by atoms with van der Waals surface area (Å²) >= 11 is 7.75. The number of halogens is 1. The molecule has 0 aliphatic carbocycles. The average molecular weight is 390 g/mol. The van der Waals surface area contributed by atoms with Crippen LogP contribution < -0.4 is 10.1 Å². The molecule has 136 valence electrons. The number of benzene rings is 2. The van der Waals surface area contributed by atoms with Crippen molar-refractivity contribution in [1.29, 1.82) is 0 Å². The van der Waals surface area contributed by atoms with Crippen LogP contribution in [0.25, 0.3) is 10.2 Å². The van der Waals surface area contributed by atoms with Gasteiger partial charge in [-0.15, -0.1) is 11.3 Å². The lowest BCUT2D eigenvalue weighted by molar-refractivity contribution is -0.117. The molecule has 1 atom stereocenters. The van der Waals surface area contributed by atoms with Crippen LogP contribution in [0.4, 0.5) is 5.69 Å². The number of thiazole rings is 1. The Morgan fingerprint density at radius 2 is 2.12 bits per heavy atom. The number of hydrogen-bond donors (Lipinski definition) is 1. The fourth-order valence-corrected chi connectivity index (χ4v) is 3.91. The van der Waals surface area contributed by atoms with Gasteiger partial charge in [0.2, 0.25) is 5.91 Å². The monoisotopic (exact) mass is 389 g/mol. The lowest BCUT2D eigenvalue weighted by Crippen LogP contribution is -2.32. The summed E-state index contributed by atoms with van der Waals surface area (Å²) in [4.78, 5) is 19.0. The topological polar surface area (TPSA) is 54.5 Å². The highest BCUT2D eigenvalue weighted by Gasteiger charge is 2.18. The van der Waals surface area contributed by atoms with Crippen molar-refractivity contribution in [3.8, 4) is 5.75 Å². The van der Waals surface area contributed by atoms with Crippen LogP contribution in [0.1, 0.15) is 18.0 Å². The minimum Gasteiger partial charge on any atom is -0.495 e. The van der Waals surface area contributed by atoms with Crippen LogP contribution in [0.5, 0.6) is 5.75 Å². The molecule has 1 N–H and O–H groups in total. The summed E-state index contributed by atoms with van der Waals surface area (Å²) in [6.45, 7) is 2.30. The average Bonchev–Trinajstić information content (AvgIpc) is 3.05. The van der Waals surface area contributed by atoms with Crippen molar-refractivity contribution in [3.63, 3.8) is 0 Å². The summed E-state index contributed by atoms with van der Waals surface area (Å²) in [5.74, 6) is 0.466. The van der Waals surface area contributed by atoms with Gasteiger partial charge in [0.1, 0.15) is 10.8 Å². The normalized spacial score (nSPS) is 12.3. The van der Waals surface area contributed by atoms with Crippen LogP contribution in [0.15, 0.2) is 42.5 Å². The summed E-state index contributed by atoms with van der Waals surface area (Å²) in [5.41, 5.74) is 1.63. The fourth-order valence-electron chi connectivity index (χ4n) is 2.57. The maximum absolute atomic E-state index is 12.4. The van der Waals surface area contributed by atoms with Crippen molar-refractivity contribution in [2.45, 2.75) is 13.0 Å². The zero-order chi connectivity index (χ0) is 18.7. The predicted octanol–water partition coefficient (Wildman–Crippen LogP) is 4.59. The van der Waals surface area contributed by atoms with Crippen LogP contribution in [0.3, 0.4) is 0 Å². The highest BCUT2D eigenvalue weighted by atomic mass is 35.5. The van der Waals surface area contributed by atoms with Crippen molar-refractivity contribution in [3.05, 3.63) is 52.5 Å². The van der Waals surface area contributed by atoms with E-state index in [1.807, 2.05) is 30.1 Å². The number of anilines is 1. The molecule has 0 radical (unpaired) electrons. The smallest absolute Gasteiger partial charge is 0.238 e. The molecule has 7 heteroatoms. The second-order valence-corrected chi connectivity index (χ2v) is 7.48. The molecular weight excluding hydrogens is 370 g/mol. The number of likely N-dealkylation sites (N-methyl/N-ethyl adjacent to an activating group) is 1. The molecule has 3 rings (SSSR count). The molecule has 1 amide bonds. The van der Waals surface area contributed by atoms with Crippen LogP contribution in [-0.4, -0.2) is 36.5 Å². The van der Waals surface area contributed by atoms with Crippen LogP contribution >= 0.6 is 22.9 Å². The molecule has 0 aliphatic heterocycles. The maximum atomic E-state index is 12.4. The first-order valence-electron chi connectivity index (χ1n) is 8.17. The number of amides is 1. The Morgan fingerprint density at radius 3 is 2.81 bits per heavy atom. The quantitative estimate of drug-likeness (QED) is 0.669. The molecule has 0 saturated heterocycles. The van der Waals surface area contributed by atoms with Crippen molar-refractivity contribution in [1.82, 2.24) is 9.88 Å². The minimum absolute atomic E-state index is 0.0394. The number of carbonyl (C=O) groups is 1. The summed E-state index contributed by atoms with van der Waals surface area (Å²) in [7, 11) is 3.47. The molecule has 1 heterocycles. The van der Waals surface area contributed by atoms with Gasteiger partial charge in [-0.2, -0.15) is 0 Å². The van der Waals surface area contributed by atoms with Gasteiger partial charge >= 0.3 is 0 Å². The second-order valence-electron chi connectivity index (χ2n) is 6.01. The van der Waals surface area contributed by atoms with E-state index in [1.165, 1.54) is 0 Å². The van der Waals surface area contributed by atoms with Crippen LogP contribution in [-0.2, 0) is 4.79 Å². The van der Waals surface area contributed by atoms with E-state index in [4.69, 9.17) is 16.3 Å². The van der Waals surface area contributed by atoms with E-state index in [9.17, 15) is 4.79 Å². The van der Waals surface area contributed by atoms with Crippen molar-refractivity contribution in [2.75, 3.05) is 26.0 Å². The molecule has 1 aromatic heterocycles. The summed E-state index contributed by atoms with van der Waals surface area (Å²) < 4.78 is 6.27. The molecule has 0 unspecified atom stereocenters. The lowest BCUT2D eigenvalue weighted by Gasteiger charge is -2.22. The van der Waals surface area contributed by atoms with E-state index in [0.29, 0.717) is 16.5 Å². The third-order valence-electron chi connectivity index (χ3n) is 4.16. The Labute approximate surface area is 161 Å². The first-order valence-corrected chi connectivity index (χ1v) is 9.36. The van der Waals surface area contributed by atoms with Gasteiger partial charge in [-0.05, 0) is 44.3 Å². The summed E-state index contributed by atoms with van der Waals surface area (Å²) in [5, 5.41) is 4.31. The number of rotatable bonds is 6. The van der Waals surface area contributed by atoms with Crippen LogP contribution in [0.2, 0.25) is 5.02 Å². The third-order valence-corrected chi connectivity index (χ3v) is 5.66. The zero-order valence-corrected chi connectivity index (χ0v) is 16.4. The van der Waals surface area contributed by atoms with Crippen molar-refractivity contribution < 1.29 is 9.53 Å². The lowest BCUT2D eigenvalue weighted by atomic mass is 10.2. The van der Waals surface area contributed by atoms with Gasteiger partial charge in [0.05, 0.1) is 34.9 Å². The number of hydrogen-bond acceptors (Lipinski definition) is 5. The van der Waals surface area contributed by atoms with Gasteiger partial charge in [-0.1, -0.05) is 23.7 Å². The Bertz CT molecular complexity index is 895. The Morgan fingerprint density at radius 1 is 1.35 bits per heavy atom. The number of aromatic nitrogens is 1. The largest absolute Gasteiger partial charge is 0.495 e. The van der Waals surface area contributed by atoms with E-state index in [-0.39, 0.29) is 18.5 Å². The molecule has 0 bridgehead atoms. The van der Waals surface area contributed by atoms with Crippen LogP contribution in [0, 0.1) is 0 Å². The Hall–Kier alpha value is -2.15. The molecule has 26 heavy (non-hydrogen) atoms. The molecule has 0 saturated carbocycles. The Balaban J connectivity index is 1.63. The fraction of sp³-hybridized carbons (Fsp3) is 0.263. The van der Waals surface area contributed by atoms with Gasteiger partial charge in [-0.25, -0.2) is 4.98 Å². The van der Waals surface area contributed by atoms with E-state index in [1.54, 1.807) is 36.6 Å². The maximum Gasteiger partial charge on any atom is 0.238 e. The highest BCUT2D eigenvalue weighted by Crippen LogP contribution is 2.29. The molecule has 0 fully saturated rings. The van der Waals surface area contributed by atoms with Gasteiger partial charge in [0.15, 0.2) is 0 Å². The number of methoxy groups -OCH3 is 1. The Kier molecular flexibility index (Phi) is 5.76. The SMILES string of the molecule is COc1ccc(NC(=O)CN(C)[C@H](C)c2nc3ccccc3s2)cc1Cl. The standard InChI is InChI=1S/C19H20ClN3O2S/c1-12(19-22-15-6-4-5-7-17(15)26-19)23(2)11-18(24)21-13-8-9-16(25-3)14(20)10-13/h4-10,12H,11H2,1-3H3,(H,21,24)/t12-/m1/s1. The number of fused-ring (bicyclic) bond motifs is 1. The van der Waals surface area contributed by atoms with Crippen molar-refractivity contribution in [2.24, 2.45) is 0 Å². The number of nitrogens with one attached hydrogen (secondary N) is 1. The van der Waals surface area contributed by atoms with E-state index >= 15 is 0 Å². The van der Waals surface area contributed by atoms with E-state index in [2.05, 4.69) is 23.3 Å². The van der Waals surface area contributed by atoms with Gasteiger partial charge in [-0.3, -0.25) is 9.69 Å². The van der Waals surface area contributed by atoms with Gasteiger partial charge in [0, 0.05) is 5.69 Å². The van der Waals surface area contributed by atoms with E-state index in [0.717, 1.165) is 15.2 Å². The first-order chi connectivity index (χ1) is 12.5. The molecule has 0 aliphatic rings. The number of ether oxygens (including phenoxy) is 1.